The number of hydrogen-bond donors (Lipinski definition) is 2. The van der Waals surface area contributed by atoms with Crippen LogP contribution in [-0.2, 0) is 30.3 Å². The Bertz CT molecular complexity index is 1040. The van der Waals surface area contributed by atoms with Crippen LogP contribution in [0.25, 0.3) is 0 Å². The van der Waals surface area contributed by atoms with Crippen LogP contribution < -0.4 is 9.47 Å². The molecule has 3 rings (SSSR count). The highest BCUT2D eigenvalue weighted by molar-refractivity contribution is 7.86. The van der Waals surface area contributed by atoms with Crippen molar-refractivity contribution < 1.29 is 41.9 Å². The number of rotatable bonds is 7. The molecule has 1 aliphatic heterocycles. The third kappa shape index (κ3) is 4.03. The molecule has 0 saturated carbocycles. The highest BCUT2D eigenvalue weighted by atomic mass is 32.2. The summed E-state index contributed by atoms with van der Waals surface area (Å²) in [6, 6.07) is 10.5. The Labute approximate surface area is 166 Å². The smallest absolute Gasteiger partial charge is 0.453 e. The minimum absolute atomic E-state index is 0.0355. The van der Waals surface area contributed by atoms with E-state index in [2.05, 4.69) is 0 Å². The Hall–Kier alpha value is -3.11. The van der Waals surface area contributed by atoms with Crippen LogP contribution in [0.5, 0.6) is 11.5 Å². The van der Waals surface area contributed by atoms with E-state index in [-0.39, 0.29) is 22.8 Å². The molecule has 2 N–H and O–H groups in total. The number of carboxylic acids is 2. The molecule has 0 aromatic heterocycles. The molecule has 0 saturated heterocycles. The van der Waals surface area contributed by atoms with E-state index in [9.17, 15) is 18.0 Å². The van der Waals surface area contributed by atoms with Crippen molar-refractivity contribution in [1.82, 2.24) is 0 Å². The lowest BCUT2D eigenvalue weighted by Gasteiger charge is -2.16. The van der Waals surface area contributed by atoms with Gasteiger partial charge in [0.15, 0.2) is 11.5 Å². The Morgan fingerprint density at radius 1 is 1.03 bits per heavy atom. The molecule has 2 aromatic carbocycles. The van der Waals surface area contributed by atoms with Gasteiger partial charge in [0, 0.05) is 0 Å². The van der Waals surface area contributed by atoms with Gasteiger partial charge >= 0.3 is 17.7 Å². The fraction of sp³-hybridized carbons (Fsp3) is 0.263. The minimum Gasteiger partial charge on any atom is -0.475 e. The lowest BCUT2D eigenvalue weighted by Crippen LogP contribution is -2.54. The first-order chi connectivity index (χ1) is 13.5. The zero-order chi connectivity index (χ0) is 21.4. The fourth-order valence-electron chi connectivity index (χ4n) is 2.78. The third-order valence-corrected chi connectivity index (χ3v) is 5.63. The Morgan fingerprint density at radius 2 is 1.62 bits per heavy atom. The number of ether oxygens (including phenoxy) is 2. The number of aryl methyl sites for hydroxylation is 1. The number of benzene rings is 2. The Morgan fingerprint density at radius 3 is 2.21 bits per heavy atom. The standard InChI is InChI=1S/C19H18O9S/c1-11-3-6-14(7-4-11)29(24,25)28-12(2)9-13-5-8-15-16(10-13)27-19(26-15,17(20)21)18(22)23/h3-8,10,12H,9H2,1-2H3,(H,20,21)(H,22,23). The van der Waals surface area contributed by atoms with Crippen LogP contribution in [0.2, 0.25) is 0 Å². The van der Waals surface area contributed by atoms with Gasteiger partial charge in [-0.1, -0.05) is 23.8 Å². The van der Waals surface area contributed by atoms with Gasteiger partial charge < -0.3 is 19.7 Å². The molecule has 0 aliphatic carbocycles. The van der Waals surface area contributed by atoms with Crippen LogP contribution in [0.3, 0.4) is 0 Å². The predicted octanol–water partition coefficient (Wildman–Crippen LogP) is 1.97. The SMILES string of the molecule is Cc1ccc(S(=O)(=O)OC(C)Cc2ccc3c(c2)OC(C(=O)O)(C(=O)O)O3)cc1. The van der Waals surface area contributed by atoms with Crippen molar-refractivity contribution in [2.75, 3.05) is 0 Å². The van der Waals surface area contributed by atoms with Crippen LogP contribution in [0.4, 0.5) is 0 Å². The first kappa shape index (κ1) is 20.6. The highest BCUT2D eigenvalue weighted by Crippen LogP contribution is 2.40. The van der Waals surface area contributed by atoms with E-state index in [1.807, 2.05) is 6.92 Å². The lowest BCUT2D eigenvalue weighted by atomic mass is 10.1. The minimum atomic E-state index is -3.96. The second-order valence-electron chi connectivity index (χ2n) is 6.59. The van der Waals surface area contributed by atoms with E-state index in [0.29, 0.717) is 5.56 Å². The van der Waals surface area contributed by atoms with Crippen molar-refractivity contribution in [1.29, 1.82) is 0 Å². The maximum atomic E-state index is 12.4. The largest absolute Gasteiger partial charge is 0.475 e. The summed E-state index contributed by atoms with van der Waals surface area (Å²) in [6.07, 6.45) is -0.597. The molecule has 0 spiro atoms. The molecular formula is C19H18O9S. The molecular weight excluding hydrogens is 404 g/mol. The molecule has 1 heterocycles. The van der Waals surface area contributed by atoms with Gasteiger partial charge in [-0.05, 0) is 50.1 Å². The van der Waals surface area contributed by atoms with E-state index in [1.165, 1.54) is 24.3 Å². The molecule has 0 amide bonds. The molecule has 0 radical (unpaired) electrons. The van der Waals surface area contributed by atoms with E-state index in [1.54, 1.807) is 25.1 Å². The molecule has 9 nitrogen and oxygen atoms in total. The van der Waals surface area contributed by atoms with Gasteiger partial charge in [0.05, 0.1) is 11.0 Å². The van der Waals surface area contributed by atoms with Crippen molar-refractivity contribution in [3.63, 3.8) is 0 Å². The van der Waals surface area contributed by atoms with Gasteiger partial charge in [0.25, 0.3) is 10.1 Å². The third-order valence-electron chi connectivity index (χ3n) is 4.20. The summed E-state index contributed by atoms with van der Waals surface area (Å²) < 4.78 is 40.0. The predicted molar refractivity (Wildman–Crippen MR) is 98.3 cm³/mol. The van der Waals surface area contributed by atoms with E-state index >= 15 is 0 Å². The normalized spacial score (nSPS) is 15.7. The van der Waals surface area contributed by atoms with E-state index in [4.69, 9.17) is 23.9 Å². The molecule has 0 fully saturated rings. The Balaban J connectivity index is 1.73. The first-order valence-electron chi connectivity index (χ1n) is 8.51. The summed E-state index contributed by atoms with van der Waals surface area (Å²) in [4.78, 5) is 22.6. The molecule has 0 bridgehead atoms. The fourth-order valence-corrected chi connectivity index (χ4v) is 3.86. The van der Waals surface area contributed by atoms with Crippen molar-refractivity contribution in [2.24, 2.45) is 0 Å². The second-order valence-corrected chi connectivity index (χ2v) is 8.16. The van der Waals surface area contributed by atoms with Crippen molar-refractivity contribution in [3.8, 4) is 11.5 Å². The molecule has 1 aliphatic rings. The molecule has 2 aromatic rings. The average molecular weight is 422 g/mol. The van der Waals surface area contributed by atoms with Gasteiger partial charge in [0.1, 0.15) is 0 Å². The first-order valence-corrected chi connectivity index (χ1v) is 9.92. The molecule has 154 valence electrons. The van der Waals surface area contributed by atoms with Gasteiger partial charge in [-0.2, -0.15) is 8.42 Å². The molecule has 1 unspecified atom stereocenters. The zero-order valence-electron chi connectivity index (χ0n) is 15.5. The van der Waals surface area contributed by atoms with Crippen LogP contribution >= 0.6 is 0 Å². The quantitative estimate of drug-likeness (QED) is 0.507. The van der Waals surface area contributed by atoms with Crippen molar-refractivity contribution >= 4 is 22.1 Å². The monoisotopic (exact) mass is 422 g/mol. The summed E-state index contributed by atoms with van der Waals surface area (Å²) >= 11 is 0. The number of fused-ring (bicyclic) bond motifs is 1. The van der Waals surface area contributed by atoms with Crippen LogP contribution in [-0.4, -0.2) is 42.5 Å². The topological polar surface area (TPSA) is 136 Å². The maximum Gasteiger partial charge on any atom is 0.453 e. The molecule has 1 atom stereocenters. The summed E-state index contributed by atoms with van der Waals surface area (Å²) in [6.45, 7) is 3.40. The zero-order valence-corrected chi connectivity index (χ0v) is 16.3. The number of aliphatic carboxylic acids is 2. The van der Waals surface area contributed by atoms with Gasteiger partial charge in [-0.3, -0.25) is 4.18 Å². The summed E-state index contributed by atoms with van der Waals surface area (Å²) in [5.41, 5.74) is 1.46. The molecule has 29 heavy (non-hydrogen) atoms. The van der Waals surface area contributed by atoms with Crippen LogP contribution in [0, 0.1) is 6.92 Å². The van der Waals surface area contributed by atoms with Gasteiger partial charge in [-0.25, -0.2) is 9.59 Å². The van der Waals surface area contributed by atoms with Crippen LogP contribution in [0.1, 0.15) is 18.1 Å². The second kappa shape index (κ2) is 7.37. The number of carboxylic acid groups (broad SMARTS) is 2. The number of hydrogen-bond acceptors (Lipinski definition) is 7. The van der Waals surface area contributed by atoms with Gasteiger partial charge in [-0.15, -0.1) is 0 Å². The summed E-state index contributed by atoms with van der Waals surface area (Å²) in [5, 5.41) is 18.3. The number of carbonyl (C=O) groups is 2. The summed E-state index contributed by atoms with van der Waals surface area (Å²) in [7, 11) is -3.96. The van der Waals surface area contributed by atoms with Gasteiger partial charge in [0.2, 0.25) is 0 Å². The van der Waals surface area contributed by atoms with Crippen LogP contribution in [0.15, 0.2) is 47.4 Å². The highest BCUT2D eigenvalue weighted by Gasteiger charge is 2.57. The Kier molecular flexibility index (Phi) is 5.24. The van der Waals surface area contributed by atoms with Crippen molar-refractivity contribution in [2.45, 2.75) is 37.1 Å². The van der Waals surface area contributed by atoms with E-state index in [0.717, 1.165) is 5.56 Å². The van der Waals surface area contributed by atoms with E-state index < -0.39 is 33.9 Å². The lowest BCUT2D eigenvalue weighted by molar-refractivity contribution is -0.194. The summed E-state index contributed by atoms with van der Waals surface area (Å²) in [5.74, 6) is -6.56. The van der Waals surface area contributed by atoms with Crippen molar-refractivity contribution in [3.05, 3.63) is 53.6 Å². The maximum absolute atomic E-state index is 12.4. The molecule has 10 heteroatoms. The average Bonchev–Trinajstić information content (AvgIpc) is 3.02.